The molecule has 0 radical (unpaired) electrons. The van der Waals surface area contributed by atoms with E-state index in [2.05, 4.69) is 56.1 Å². The van der Waals surface area contributed by atoms with E-state index in [0.717, 1.165) is 0 Å². The van der Waals surface area contributed by atoms with E-state index in [1.807, 2.05) is 0 Å². The number of benzene rings is 1. The summed E-state index contributed by atoms with van der Waals surface area (Å²) in [7, 11) is 2.30. The quantitative estimate of drug-likeness (QED) is 0.233. The van der Waals surface area contributed by atoms with Gasteiger partial charge in [-0.05, 0) is 32.0 Å². The number of nitrogens with zero attached hydrogens (tertiary/aromatic N) is 1. The molecule has 27 heavy (non-hydrogen) atoms. The predicted molar refractivity (Wildman–Crippen MR) is 122 cm³/mol. The fourth-order valence-electron chi connectivity index (χ4n) is 4.19. The zero-order chi connectivity index (χ0) is 19.6. The van der Waals surface area contributed by atoms with E-state index >= 15 is 0 Å². The van der Waals surface area contributed by atoms with Crippen LogP contribution in [0.2, 0.25) is 0 Å². The summed E-state index contributed by atoms with van der Waals surface area (Å²) >= 11 is 0. The van der Waals surface area contributed by atoms with Gasteiger partial charge in [-0.2, -0.15) is 0 Å². The van der Waals surface area contributed by atoms with E-state index < -0.39 is 0 Å². The fourth-order valence-corrected chi connectivity index (χ4v) is 4.19. The van der Waals surface area contributed by atoms with Crippen LogP contribution >= 0.6 is 0 Å². The van der Waals surface area contributed by atoms with Gasteiger partial charge in [-0.3, -0.25) is 4.90 Å². The van der Waals surface area contributed by atoms with Crippen molar-refractivity contribution in [3.8, 4) is 0 Å². The van der Waals surface area contributed by atoms with Gasteiger partial charge >= 0.3 is 0 Å². The molecule has 1 nitrogen and oxygen atoms in total. The summed E-state index contributed by atoms with van der Waals surface area (Å²) in [6.07, 6.45) is 21.3. The second-order valence-corrected chi connectivity index (χ2v) is 8.41. The van der Waals surface area contributed by atoms with E-state index in [9.17, 15) is 0 Å². The molecule has 0 N–H and O–H groups in total. The lowest BCUT2D eigenvalue weighted by Gasteiger charge is -2.27. The normalized spacial score (nSPS) is 12.6. The first kappa shape index (κ1) is 24.2. The molecular weight excluding hydrogens is 326 g/mol. The predicted octanol–water partition coefficient (Wildman–Crippen LogP) is 8.55. The molecule has 0 bridgehead atoms. The summed E-state index contributed by atoms with van der Waals surface area (Å²) in [6.45, 7) is 5.83. The van der Waals surface area contributed by atoms with Crippen LogP contribution in [0.25, 0.3) is 0 Å². The largest absolute Gasteiger partial charge is 0.299 e. The maximum Gasteiger partial charge on any atom is 0.0342 e. The lowest BCUT2D eigenvalue weighted by atomic mass is 10.0. The van der Waals surface area contributed by atoms with Crippen molar-refractivity contribution in [2.45, 2.75) is 116 Å². The Kier molecular flexibility index (Phi) is 15.5. The molecule has 1 unspecified atom stereocenters. The van der Waals surface area contributed by atoms with Crippen LogP contribution in [0.5, 0.6) is 0 Å². The Hall–Kier alpha value is -0.820. The van der Waals surface area contributed by atoms with Gasteiger partial charge in [0.05, 0.1) is 0 Å². The Morgan fingerprint density at radius 3 is 1.52 bits per heavy atom. The van der Waals surface area contributed by atoms with Crippen LogP contribution in [0.4, 0.5) is 0 Å². The van der Waals surface area contributed by atoms with Gasteiger partial charge in [0.2, 0.25) is 0 Å². The lowest BCUT2D eigenvalue weighted by Crippen LogP contribution is -2.25. The van der Waals surface area contributed by atoms with Crippen molar-refractivity contribution >= 4 is 0 Å². The maximum absolute atomic E-state index is 2.55. The van der Waals surface area contributed by atoms with Gasteiger partial charge in [0.15, 0.2) is 0 Å². The van der Waals surface area contributed by atoms with Crippen molar-refractivity contribution in [3.63, 3.8) is 0 Å². The Bertz CT molecular complexity index is 413. The van der Waals surface area contributed by atoms with Crippen molar-refractivity contribution < 1.29 is 0 Å². The monoisotopic (exact) mass is 373 g/mol. The summed E-state index contributed by atoms with van der Waals surface area (Å²) in [5, 5.41) is 0. The van der Waals surface area contributed by atoms with Crippen molar-refractivity contribution in [1.29, 1.82) is 0 Å². The topological polar surface area (TPSA) is 3.24 Å². The third-order valence-corrected chi connectivity index (χ3v) is 5.97. The molecule has 0 fully saturated rings. The number of hydrogen-bond donors (Lipinski definition) is 0. The molecule has 0 aromatic heterocycles. The molecule has 1 aromatic rings. The van der Waals surface area contributed by atoms with E-state index in [1.54, 1.807) is 0 Å². The fraction of sp³-hybridized carbons (Fsp3) is 0.769. The van der Waals surface area contributed by atoms with Crippen LogP contribution in [0, 0.1) is 0 Å². The van der Waals surface area contributed by atoms with Crippen LogP contribution in [-0.2, 0) is 0 Å². The first-order valence-electron chi connectivity index (χ1n) is 12.0. The zero-order valence-corrected chi connectivity index (χ0v) is 18.7. The van der Waals surface area contributed by atoms with E-state index in [4.69, 9.17) is 0 Å². The third-order valence-electron chi connectivity index (χ3n) is 5.97. The SMILES string of the molecule is CCCCCCCCCCCCCCCCN(C)C(CC)c1ccccc1. The first-order valence-corrected chi connectivity index (χ1v) is 12.0. The molecule has 0 aliphatic rings. The molecule has 0 heterocycles. The standard InChI is InChI=1S/C26H47N/c1-4-6-7-8-9-10-11-12-13-14-15-16-17-21-24-27(3)26(5-2)25-22-19-18-20-23-25/h18-20,22-23,26H,4-17,21,24H2,1-3H3. The van der Waals surface area contributed by atoms with Crippen molar-refractivity contribution in [3.05, 3.63) is 35.9 Å². The first-order chi connectivity index (χ1) is 13.3. The minimum absolute atomic E-state index is 0.577. The molecule has 0 amide bonds. The van der Waals surface area contributed by atoms with Crippen molar-refractivity contribution in [2.24, 2.45) is 0 Å². The molecular formula is C26H47N. The molecule has 0 spiro atoms. The van der Waals surface area contributed by atoms with Crippen LogP contribution in [-0.4, -0.2) is 18.5 Å². The van der Waals surface area contributed by atoms with Gasteiger partial charge in [-0.15, -0.1) is 0 Å². The van der Waals surface area contributed by atoms with Gasteiger partial charge in [0.25, 0.3) is 0 Å². The highest BCUT2D eigenvalue weighted by molar-refractivity contribution is 5.18. The Morgan fingerprint density at radius 2 is 1.07 bits per heavy atom. The average molecular weight is 374 g/mol. The molecule has 0 saturated heterocycles. The second-order valence-electron chi connectivity index (χ2n) is 8.41. The van der Waals surface area contributed by atoms with Gasteiger partial charge in [0, 0.05) is 6.04 Å². The lowest BCUT2D eigenvalue weighted by molar-refractivity contribution is 0.233. The van der Waals surface area contributed by atoms with Gasteiger partial charge in [-0.1, -0.05) is 128 Å². The highest BCUT2D eigenvalue weighted by atomic mass is 15.1. The highest BCUT2D eigenvalue weighted by Crippen LogP contribution is 2.23. The third kappa shape index (κ3) is 12.3. The summed E-state index contributed by atoms with van der Waals surface area (Å²) < 4.78 is 0. The Morgan fingerprint density at radius 1 is 0.630 bits per heavy atom. The van der Waals surface area contributed by atoms with E-state index in [1.165, 1.54) is 108 Å². The van der Waals surface area contributed by atoms with Crippen molar-refractivity contribution in [1.82, 2.24) is 4.90 Å². The molecule has 1 rings (SSSR count). The molecule has 0 aliphatic carbocycles. The smallest absolute Gasteiger partial charge is 0.0342 e. The summed E-state index contributed by atoms with van der Waals surface area (Å²) in [6, 6.07) is 11.6. The average Bonchev–Trinajstić information content (AvgIpc) is 2.69. The van der Waals surface area contributed by atoms with Crippen molar-refractivity contribution in [2.75, 3.05) is 13.6 Å². The molecule has 1 atom stereocenters. The van der Waals surface area contributed by atoms with Crippen LogP contribution in [0.3, 0.4) is 0 Å². The molecule has 156 valence electrons. The van der Waals surface area contributed by atoms with E-state index in [-0.39, 0.29) is 0 Å². The van der Waals surface area contributed by atoms with Crippen LogP contribution < -0.4 is 0 Å². The second kappa shape index (κ2) is 17.3. The number of rotatable bonds is 18. The van der Waals surface area contributed by atoms with Crippen LogP contribution in [0.1, 0.15) is 122 Å². The Labute approximate surface area is 170 Å². The Balaban J connectivity index is 1.92. The van der Waals surface area contributed by atoms with Gasteiger partial charge in [-0.25, -0.2) is 0 Å². The van der Waals surface area contributed by atoms with Gasteiger partial charge in [0.1, 0.15) is 0 Å². The van der Waals surface area contributed by atoms with Crippen LogP contribution in [0.15, 0.2) is 30.3 Å². The zero-order valence-electron chi connectivity index (χ0n) is 18.7. The molecule has 1 heteroatoms. The highest BCUT2D eigenvalue weighted by Gasteiger charge is 2.13. The minimum atomic E-state index is 0.577. The maximum atomic E-state index is 2.55. The molecule has 0 saturated carbocycles. The molecule has 1 aromatic carbocycles. The summed E-state index contributed by atoms with van der Waals surface area (Å²) in [5.74, 6) is 0. The number of unbranched alkanes of at least 4 members (excludes halogenated alkanes) is 13. The minimum Gasteiger partial charge on any atom is -0.299 e. The molecule has 0 aliphatic heterocycles. The van der Waals surface area contributed by atoms with Gasteiger partial charge < -0.3 is 0 Å². The summed E-state index contributed by atoms with van der Waals surface area (Å²) in [5.41, 5.74) is 1.47. The number of hydrogen-bond acceptors (Lipinski definition) is 1. The summed E-state index contributed by atoms with van der Waals surface area (Å²) in [4.78, 5) is 2.55. The van der Waals surface area contributed by atoms with E-state index in [0.29, 0.717) is 6.04 Å².